The number of aromatic nitrogens is 5. The van der Waals surface area contributed by atoms with Crippen molar-refractivity contribution in [3.05, 3.63) is 52.4 Å². The number of benzene rings is 1. The van der Waals surface area contributed by atoms with Crippen molar-refractivity contribution in [1.82, 2.24) is 25.1 Å². The summed E-state index contributed by atoms with van der Waals surface area (Å²) >= 11 is 13.9. The van der Waals surface area contributed by atoms with Gasteiger partial charge in [0.2, 0.25) is 5.95 Å². The topological polar surface area (TPSA) is 103 Å². The smallest absolute Gasteiger partial charge is 0.223 e. The first kappa shape index (κ1) is 19.3. The molecule has 0 fully saturated rings. The van der Waals surface area contributed by atoms with Crippen molar-refractivity contribution in [2.24, 2.45) is 0 Å². The molecule has 0 radical (unpaired) electrons. The van der Waals surface area contributed by atoms with Crippen LogP contribution in [0.25, 0.3) is 32.4 Å². The minimum atomic E-state index is 0.440. The molecule has 29 heavy (non-hydrogen) atoms. The Balaban J connectivity index is 2.00. The van der Waals surface area contributed by atoms with E-state index < -0.39 is 0 Å². The highest BCUT2D eigenvalue weighted by Gasteiger charge is 2.25. The van der Waals surface area contributed by atoms with E-state index in [1.165, 1.54) is 17.7 Å². The minimum Gasteiger partial charge on any atom is -0.354 e. The Morgan fingerprint density at radius 1 is 1.21 bits per heavy atom. The predicted octanol–water partition coefficient (Wildman–Crippen LogP) is 5.27. The summed E-state index contributed by atoms with van der Waals surface area (Å²) in [6, 6.07) is 9.26. The molecule has 0 aliphatic heterocycles. The molecule has 3 aromatic heterocycles. The van der Waals surface area contributed by atoms with E-state index in [1.54, 1.807) is 30.5 Å². The van der Waals surface area contributed by atoms with Gasteiger partial charge in [0.05, 0.1) is 21.0 Å². The van der Waals surface area contributed by atoms with Gasteiger partial charge < -0.3 is 5.32 Å². The molecule has 0 saturated heterocycles. The lowest BCUT2D eigenvalue weighted by Crippen LogP contribution is -2.02. The van der Waals surface area contributed by atoms with Crippen LogP contribution in [0.5, 0.6) is 0 Å². The van der Waals surface area contributed by atoms with Gasteiger partial charge in [0.1, 0.15) is 12.4 Å². The van der Waals surface area contributed by atoms with E-state index in [9.17, 15) is 5.26 Å². The van der Waals surface area contributed by atoms with Crippen LogP contribution in [0.1, 0.15) is 12.5 Å². The van der Waals surface area contributed by atoms with Gasteiger partial charge in [-0.2, -0.15) is 10.4 Å². The van der Waals surface area contributed by atoms with Crippen LogP contribution in [0.15, 0.2) is 36.8 Å². The summed E-state index contributed by atoms with van der Waals surface area (Å²) in [4.78, 5) is 14.5. The summed E-state index contributed by atoms with van der Waals surface area (Å²) in [5.74, 6) is 1.04. The average Bonchev–Trinajstić information content (AvgIpc) is 3.36. The molecule has 0 aliphatic rings. The molecule has 0 bridgehead atoms. The van der Waals surface area contributed by atoms with Crippen LogP contribution in [0.2, 0.25) is 10.0 Å². The van der Waals surface area contributed by atoms with Crippen molar-refractivity contribution < 1.29 is 0 Å². The van der Waals surface area contributed by atoms with Gasteiger partial charge in [0.25, 0.3) is 0 Å². The van der Waals surface area contributed by atoms with Crippen LogP contribution in [0, 0.1) is 11.3 Å². The van der Waals surface area contributed by atoms with E-state index >= 15 is 0 Å². The monoisotopic (exact) mass is 441 g/mol. The number of hydrogen-bond donors (Lipinski definition) is 2. The predicted molar refractivity (Wildman–Crippen MR) is 115 cm³/mol. The summed E-state index contributed by atoms with van der Waals surface area (Å²) in [5.41, 5.74) is 2.43. The maximum absolute atomic E-state index is 10.0. The van der Waals surface area contributed by atoms with Gasteiger partial charge in [-0.25, -0.2) is 15.0 Å². The van der Waals surface area contributed by atoms with E-state index in [4.69, 9.17) is 23.2 Å². The van der Waals surface area contributed by atoms with Gasteiger partial charge in [0.15, 0.2) is 5.82 Å². The molecule has 1 aromatic carbocycles. The SMILES string of the molecule is CCNc1nccc(-c2sc(-c3ncn[nH]3)c(-c3ccc(Cl)cc3Cl)c2C#N)n1. The van der Waals surface area contributed by atoms with E-state index in [-0.39, 0.29) is 0 Å². The first-order valence-corrected chi connectivity index (χ1v) is 10.1. The molecule has 4 aromatic rings. The van der Waals surface area contributed by atoms with E-state index in [1.807, 2.05) is 6.92 Å². The van der Waals surface area contributed by atoms with Crippen molar-refractivity contribution in [3.63, 3.8) is 0 Å². The number of H-pyrrole nitrogens is 1. The van der Waals surface area contributed by atoms with Crippen molar-refractivity contribution in [2.45, 2.75) is 6.92 Å². The molecule has 4 rings (SSSR count). The average molecular weight is 442 g/mol. The Hall–Kier alpha value is -2.99. The molecular formula is C19H13Cl2N7S. The Kier molecular flexibility index (Phi) is 5.45. The fourth-order valence-electron chi connectivity index (χ4n) is 2.88. The summed E-state index contributed by atoms with van der Waals surface area (Å²) in [6.45, 7) is 2.65. The fourth-order valence-corrected chi connectivity index (χ4v) is 4.56. The molecule has 0 amide bonds. The fraction of sp³-hybridized carbons (Fsp3) is 0.105. The third-order valence-electron chi connectivity index (χ3n) is 4.07. The normalized spacial score (nSPS) is 10.7. The number of thiophene rings is 1. The van der Waals surface area contributed by atoms with Crippen molar-refractivity contribution in [3.8, 4) is 38.5 Å². The Morgan fingerprint density at radius 3 is 2.76 bits per heavy atom. The summed E-state index contributed by atoms with van der Waals surface area (Å²) in [5, 5.41) is 20.9. The highest BCUT2D eigenvalue weighted by molar-refractivity contribution is 7.19. The molecule has 10 heteroatoms. The second kappa shape index (κ2) is 8.17. The summed E-state index contributed by atoms with van der Waals surface area (Å²) in [6.07, 6.45) is 3.08. The summed E-state index contributed by atoms with van der Waals surface area (Å²) < 4.78 is 0. The third kappa shape index (κ3) is 3.68. The van der Waals surface area contributed by atoms with Crippen LogP contribution in [0.4, 0.5) is 5.95 Å². The Bertz CT molecular complexity index is 1210. The van der Waals surface area contributed by atoms with Gasteiger partial charge in [-0.05, 0) is 25.1 Å². The zero-order chi connectivity index (χ0) is 20.4. The third-order valence-corrected chi connectivity index (χ3v) is 5.84. The molecule has 2 N–H and O–H groups in total. The van der Waals surface area contributed by atoms with Crippen molar-refractivity contribution >= 4 is 40.5 Å². The van der Waals surface area contributed by atoms with Crippen LogP contribution >= 0.6 is 34.5 Å². The molecule has 3 heterocycles. The number of anilines is 1. The highest BCUT2D eigenvalue weighted by Crippen LogP contribution is 2.47. The number of nitriles is 1. The minimum absolute atomic E-state index is 0.440. The number of nitrogens with one attached hydrogen (secondary N) is 2. The van der Waals surface area contributed by atoms with E-state index in [0.717, 1.165) is 4.88 Å². The quantitative estimate of drug-likeness (QED) is 0.437. The Labute approximate surface area is 180 Å². The van der Waals surface area contributed by atoms with Crippen molar-refractivity contribution in [2.75, 3.05) is 11.9 Å². The summed E-state index contributed by atoms with van der Waals surface area (Å²) in [7, 11) is 0. The first-order chi connectivity index (χ1) is 14.1. The van der Waals surface area contributed by atoms with Gasteiger partial charge in [-0.1, -0.05) is 29.3 Å². The number of nitrogens with zero attached hydrogens (tertiary/aromatic N) is 5. The second-order valence-corrected chi connectivity index (χ2v) is 7.74. The zero-order valence-electron chi connectivity index (χ0n) is 15.1. The van der Waals surface area contributed by atoms with Crippen LogP contribution < -0.4 is 5.32 Å². The molecule has 0 aliphatic carbocycles. The molecule has 0 atom stereocenters. The molecular weight excluding hydrogens is 429 g/mol. The number of aromatic amines is 1. The first-order valence-electron chi connectivity index (χ1n) is 8.57. The number of halogens is 2. The number of hydrogen-bond acceptors (Lipinski definition) is 7. The highest BCUT2D eigenvalue weighted by atomic mass is 35.5. The lowest BCUT2D eigenvalue weighted by molar-refractivity contribution is 1.09. The van der Waals surface area contributed by atoms with Crippen molar-refractivity contribution in [1.29, 1.82) is 5.26 Å². The molecule has 144 valence electrons. The van der Waals surface area contributed by atoms with Gasteiger partial charge in [0, 0.05) is 33.9 Å². The Morgan fingerprint density at radius 2 is 2.07 bits per heavy atom. The number of rotatable bonds is 5. The zero-order valence-corrected chi connectivity index (χ0v) is 17.4. The van der Waals surface area contributed by atoms with Gasteiger partial charge >= 0.3 is 0 Å². The maximum Gasteiger partial charge on any atom is 0.223 e. The standard InChI is InChI=1S/C19H13Cl2N7S/c1-2-23-19-24-6-5-14(27-19)16-12(8-22)15(11-4-3-10(20)7-13(11)21)17(29-16)18-25-9-26-28-18/h3-7,9H,2H2,1H3,(H,23,24,27)(H,25,26,28). The van der Waals surface area contributed by atoms with Crippen LogP contribution in [-0.2, 0) is 0 Å². The maximum atomic E-state index is 10.0. The lowest BCUT2D eigenvalue weighted by atomic mass is 9.99. The molecule has 0 unspecified atom stereocenters. The second-order valence-electron chi connectivity index (χ2n) is 5.88. The van der Waals surface area contributed by atoms with Gasteiger partial charge in [-0.15, -0.1) is 11.3 Å². The van der Waals surface area contributed by atoms with Crippen LogP contribution in [-0.4, -0.2) is 31.7 Å². The molecule has 0 spiro atoms. The van der Waals surface area contributed by atoms with Crippen LogP contribution in [0.3, 0.4) is 0 Å². The molecule has 0 saturated carbocycles. The van der Waals surface area contributed by atoms with Gasteiger partial charge in [-0.3, -0.25) is 5.10 Å². The largest absolute Gasteiger partial charge is 0.354 e. The van der Waals surface area contributed by atoms with E-state index in [2.05, 4.69) is 36.5 Å². The molecule has 7 nitrogen and oxygen atoms in total. The lowest BCUT2D eigenvalue weighted by Gasteiger charge is -2.07. The van der Waals surface area contributed by atoms with E-state index in [0.29, 0.717) is 55.6 Å².